The Kier molecular flexibility index (Phi) is 4.33. The number of nitrogens with zero attached hydrogens (tertiary/aromatic N) is 5. The van der Waals surface area contributed by atoms with Crippen molar-refractivity contribution in [3.05, 3.63) is 80.6 Å². The molecule has 5 rings (SSSR count). The molecular formula is C24H23N5O3. The summed E-state index contributed by atoms with van der Waals surface area (Å²) in [5.74, 6) is 1.32. The summed E-state index contributed by atoms with van der Waals surface area (Å²) in [4.78, 5) is 30.2. The lowest BCUT2D eigenvalue weighted by molar-refractivity contribution is 0.415. The van der Waals surface area contributed by atoms with Crippen molar-refractivity contribution in [2.75, 3.05) is 7.11 Å². The lowest BCUT2D eigenvalue weighted by Crippen LogP contribution is -2.37. The molecule has 8 heteroatoms. The summed E-state index contributed by atoms with van der Waals surface area (Å²) < 4.78 is 11.6. The maximum absolute atomic E-state index is 13.0. The molecule has 0 unspecified atom stereocenters. The minimum Gasteiger partial charge on any atom is -0.497 e. The number of ether oxygens (including phenoxy) is 1. The molecule has 0 saturated heterocycles. The average Bonchev–Trinajstić information content (AvgIpc) is 3.34. The monoisotopic (exact) mass is 429 g/mol. The number of benzene rings is 2. The zero-order valence-electron chi connectivity index (χ0n) is 18.6. The summed E-state index contributed by atoms with van der Waals surface area (Å²) in [5, 5.41) is 0. The molecule has 0 aliphatic rings. The second-order valence-corrected chi connectivity index (χ2v) is 8.01. The molecule has 0 radical (unpaired) electrons. The van der Waals surface area contributed by atoms with Gasteiger partial charge in [-0.2, -0.15) is 4.98 Å². The lowest BCUT2D eigenvalue weighted by atomic mass is 10.1. The molecule has 0 bridgehead atoms. The van der Waals surface area contributed by atoms with Crippen LogP contribution in [0.5, 0.6) is 5.75 Å². The van der Waals surface area contributed by atoms with Crippen LogP contribution in [0, 0.1) is 13.8 Å². The van der Waals surface area contributed by atoms with Crippen LogP contribution >= 0.6 is 0 Å². The number of hydrogen-bond acceptors (Lipinski definition) is 4. The Hall–Kier alpha value is -4.07. The van der Waals surface area contributed by atoms with Gasteiger partial charge < -0.3 is 4.74 Å². The van der Waals surface area contributed by atoms with E-state index in [4.69, 9.17) is 9.72 Å². The molecular weight excluding hydrogens is 406 g/mol. The molecule has 3 aromatic heterocycles. The SMILES string of the molecule is COc1ccc(-c2cn3c4c(=O)n(C)c(=O)n(C)c4nc3n2-c2ccc(C)c(C)c2)cc1. The largest absolute Gasteiger partial charge is 0.497 e. The third-order valence-corrected chi connectivity index (χ3v) is 6.10. The Morgan fingerprint density at radius 1 is 0.906 bits per heavy atom. The summed E-state index contributed by atoms with van der Waals surface area (Å²) in [7, 11) is 4.74. The maximum atomic E-state index is 13.0. The van der Waals surface area contributed by atoms with Crippen molar-refractivity contribution in [3.8, 4) is 22.7 Å². The molecule has 0 N–H and O–H groups in total. The Bertz CT molecular complexity index is 1630. The Morgan fingerprint density at radius 2 is 1.62 bits per heavy atom. The second-order valence-electron chi connectivity index (χ2n) is 8.01. The number of aryl methyl sites for hydroxylation is 3. The first-order valence-electron chi connectivity index (χ1n) is 10.2. The van der Waals surface area contributed by atoms with Gasteiger partial charge in [0.15, 0.2) is 11.2 Å². The number of methoxy groups -OCH3 is 1. The molecule has 0 aliphatic carbocycles. The van der Waals surface area contributed by atoms with Crippen molar-refractivity contribution in [2.45, 2.75) is 13.8 Å². The molecule has 0 saturated carbocycles. The third-order valence-electron chi connectivity index (χ3n) is 6.10. The molecule has 0 spiro atoms. The molecule has 162 valence electrons. The normalized spacial score (nSPS) is 11.5. The average molecular weight is 429 g/mol. The van der Waals surface area contributed by atoms with E-state index in [1.165, 1.54) is 17.2 Å². The molecule has 0 amide bonds. The fourth-order valence-corrected chi connectivity index (χ4v) is 4.06. The van der Waals surface area contributed by atoms with E-state index in [1.54, 1.807) is 18.6 Å². The Morgan fingerprint density at radius 3 is 2.28 bits per heavy atom. The van der Waals surface area contributed by atoms with E-state index in [0.717, 1.165) is 32.8 Å². The van der Waals surface area contributed by atoms with Crippen LogP contribution in [0.2, 0.25) is 0 Å². The van der Waals surface area contributed by atoms with Gasteiger partial charge in [-0.1, -0.05) is 6.07 Å². The molecule has 0 atom stereocenters. The number of hydrogen-bond donors (Lipinski definition) is 0. The standard InChI is InChI=1S/C24H23N5O3/c1-14-6-9-17(12-15(14)2)29-19(16-7-10-18(32-5)11-8-16)13-28-20-21(25-23(28)29)26(3)24(31)27(4)22(20)30/h6-13H,1-5H3. The molecule has 32 heavy (non-hydrogen) atoms. The van der Waals surface area contributed by atoms with E-state index in [0.29, 0.717) is 16.9 Å². The van der Waals surface area contributed by atoms with Gasteiger partial charge in [-0.05, 0) is 61.4 Å². The van der Waals surface area contributed by atoms with Crippen molar-refractivity contribution in [1.82, 2.24) is 23.1 Å². The molecule has 2 aromatic carbocycles. The van der Waals surface area contributed by atoms with Gasteiger partial charge in [0.25, 0.3) is 5.56 Å². The molecule has 5 aromatic rings. The van der Waals surface area contributed by atoms with Crippen molar-refractivity contribution >= 4 is 16.9 Å². The van der Waals surface area contributed by atoms with E-state index in [-0.39, 0.29) is 5.56 Å². The quantitative estimate of drug-likeness (QED) is 0.442. The van der Waals surface area contributed by atoms with Crippen molar-refractivity contribution in [3.63, 3.8) is 0 Å². The highest BCUT2D eigenvalue weighted by Gasteiger charge is 2.22. The van der Waals surface area contributed by atoms with Crippen LogP contribution in [0.4, 0.5) is 0 Å². The fraction of sp³-hybridized carbons (Fsp3) is 0.208. The topological polar surface area (TPSA) is 75.5 Å². The van der Waals surface area contributed by atoms with Crippen LogP contribution in [-0.4, -0.2) is 30.2 Å². The van der Waals surface area contributed by atoms with E-state index in [9.17, 15) is 9.59 Å². The first-order valence-corrected chi connectivity index (χ1v) is 10.2. The van der Waals surface area contributed by atoms with Crippen LogP contribution in [0.15, 0.2) is 58.3 Å². The summed E-state index contributed by atoms with van der Waals surface area (Å²) in [5.41, 5.74) is 5.01. The van der Waals surface area contributed by atoms with Crippen LogP contribution in [0.25, 0.3) is 33.9 Å². The van der Waals surface area contributed by atoms with Gasteiger partial charge in [0.1, 0.15) is 5.75 Å². The molecule has 3 heterocycles. The van der Waals surface area contributed by atoms with Crippen LogP contribution in [0.1, 0.15) is 11.1 Å². The van der Waals surface area contributed by atoms with Crippen LogP contribution in [0.3, 0.4) is 0 Å². The van der Waals surface area contributed by atoms with E-state index in [2.05, 4.69) is 26.0 Å². The Labute approximate surface area is 183 Å². The van der Waals surface area contributed by atoms with Gasteiger partial charge in [0.05, 0.1) is 12.8 Å². The van der Waals surface area contributed by atoms with Crippen molar-refractivity contribution < 1.29 is 4.74 Å². The van der Waals surface area contributed by atoms with E-state index >= 15 is 0 Å². The van der Waals surface area contributed by atoms with Crippen LogP contribution in [-0.2, 0) is 14.1 Å². The van der Waals surface area contributed by atoms with Crippen LogP contribution < -0.4 is 16.0 Å². The highest BCUT2D eigenvalue weighted by Crippen LogP contribution is 2.30. The highest BCUT2D eigenvalue weighted by atomic mass is 16.5. The lowest BCUT2D eigenvalue weighted by Gasteiger charge is -2.11. The molecule has 0 aliphatic heterocycles. The van der Waals surface area contributed by atoms with Crippen molar-refractivity contribution in [1.29, 1.82) is 0 Å². The molecule has 8 nitrogen and oxygen atoms in total. The number of aromatic nitrogens is 5. The van der Waals surface area contributed by atoms with Gasteiger partial charge in [0.2, 0.25) is 5.78 Å². The minimum absolute atomic E-state index is 0.354. The van der Waals surface area contributed by atoms with E-state index < -0.39 is 5.69 Å². The Balaban J connectivity index is 1.93. The number of imidazole rings is 2. The summed E-state index contributed by atoms with van der Waals surface area (Å²) >= 11 is 0. The maximum Gasteiger partial charge on any atom is 0.332 e. The summed E-state index contributed by atoms with van der Waals surface area (Å²) in [6, 6.07) is 13.9. The minimum atomic E-state index is -0.406. The van der Waals surface area contributed by atoms with Gasteiger partial charge in [-0.3, -0.25) is 22.9 Å². The van der Waals surface area contributed by atoms with Gasteiger partial charge >= 0.3 is 5.69 Å². The van der Waals surface area contributed by atoms with Crippen molar-refractivity contribution in [2.24, 2.45) is 14.1 Å². The highest BCUT2D eigenvalue weighted by molar-refractivity contribution is 5.79. The first-order chi connectivity index (χ1) is 15.3. The van der Waals surface area contributed by atoms with Gasteiger partial charge in [-0.25, -0.2) is 4.79 Å². The predicted molar refractivity (Wildman–Crippen MR) is 124 cm³/mol. The smallest absolute Gasteiger partial charge is 0.332 e. The van der Waals surface area contributed by atoms with E-state index in [1.807, 2.05) is 41.1 Å². The molecule has 0 fully saturated rings. The zero-order chi connectivity index (χ0) is 22.7. The second kappa shape index (κ2) is 6.98. The zero-order valence-corrected chi connectivity index (χ0v) is 18.6. The first kappa shape index (κ1) is 19.9. The predicted octanol–water partition coefficient (Wildman–Crippen LogP) is 2.97. The summed E-state index contributed by atoms with van der Waals surface area (Å²) in [6.07, 6.45) is 1.90. The number of rotatable bonds is 3. The number of fused-ring (bicyclic) bond motifs is 3. The van der Waals surface area contributed by atoms with Gasteiger partial charge in [-0.15, -0.1) is 0 Å². The van der Waals surface area contributed by atoms with Gasteiger partial charge in [0, 0.05) is 31.5 Å². The third kappa shape index (κ3) is 2.72. The fourth-order valence-electron chi connectivity index (χ4n) is 4.06. The summed E-state index contributed by atoms with van der Waals surface area (Å²) in [6.45, 7) is 4.13.